The first-order valence-electron chi connectivity index (χ1n) is 9.89. The molecule has 2 aromatic heterocycles. The number of aryl methyl sites for hydroxylation is 1. The number of pyridine rings is 1. The number of piperidine rings is 1. The van der Waals surface area contributed by atoms with E-state index in [1.165, 1.54) is 11.3 Å². The number of nitro groups is 1. The quantitative estimate of drug-likeness (QED) is 0.542. The molecule has 1 aliphatic rings. The fourth-order valence-corrected chi connectivity index (χ4v) is 4.47. The van der Waals surface area contributed by atoms with Crippen molar-refractivity contribution < 1.29 is 14.5 Å². The zero-order valence-corrected chi connectivity index (χ0v) is 18.2. The molecule has 0 spiro atoms. The smallest absolute Gasteiger partial charge is 0.410 e. The second-order valence-electron chi connectivity index (χ2n) is 8.44. The van der Waals surface area contributed by atoms with Crippen molar-refractivity contribution >= 4 is 39.0 Å². The number of ether oxygens (including phenoxy) is 1. The largest absolute Gasteiger partial charge is 0.444 e. The van der Waals surface area contributed by atoms with E-state index < -0.39 is 5.60 Å². The zero-order chi connectivity index (χ0) is 21.2. The third-order valence-corrected chi connectivity index (χ3v) is 5.96. The molecule has 1 amide bonds. The summed E-state index contributed by atoms with van der Waals surface area (Å²) in [5.41, 5.74) is 1.35. The first-order valence-corrected chi connectivity index (χ1v) is 10.8. The fourth-order valence-electron chi connectivity index (χ4n) is 3.62. The van der Waals surface area contributed by atoms with E-state index in [0.29, 0.717) is 36.9 Å². The average Bonchev–Trinajstić information content (AvgIpc) is 3.08. The van der Waals surface area contributed by atoms with Crippen LogP contribution >= 0.6 is 11.3 Å². The van der Waals surface area contributed by atoms with Gasteiger partial charge >= 0.3 is 11.8 Å². The SMILES string of the molecule is Cc1nc2ccsc2c(NCCC2CCN(C(=O)OC(C)(C)C)CC2)c1[N+](=O)[O-]. The zero-order valence-electron chi connectivity index (χ0n) is 17.4. The Kier molecular flexibility index (Phi) is 6.26. The number of nitrogens with one attached hydrogen (secondary N) is 1. The topological polar surface area (TPSA) is 97.6 Å². The monoisotopic (exact) mass is 420 g/mol. The predicted octanol–water partition coefficient (Wildman–Crippen LogP) is 4.96. The van der Waals surface area contributed by atoms with E-state index in [2.05, 4.69) is 10.3 Å². The molecule has 1 saturated heterocycles. The number of fused-ring (bicyclic) bond motifs is 1. The predicted molar refractivity (Wildman–Crippen MR) is 115 cm³/mol. The fraction of sp³-hybridized carbons (Fsp3) is 0.600. The van der Waals surface area contributed by atoms with Crippen LogP contribution in [0, 0.1) is 23.0 Å². The van der Waals surface area contributed by atoms with Gasteiger partial charge < -0.3 is 15.0 Å². The first-order chi connectivity index (χ1) is 13.7. The lowest BCUT2D eigenvalue weighted by molar-refractivity contribution is -0.384. The van der Waals surface area contributed by atoms with Crippen LogP contribution in [0.25, 0.3) is 10.2 Å². The molecule has 0 bridgehead atoms. The van der Waals surface area contributed by atoms with Crippen molar-refractivity contribution in [3.8, 4) is 0 Å². The van der Waals surface area contributed by atoms with Gasteiger partial charge in [-0.2, -0.15) is 0 Å². The summed E-state index contributed by atoms with van der Waals surface area (Å²) in [6.07, 6.45) is 2.46. The highest BCUT2D eigenvalue weighted by molar-refractivity contribution is 7.17. The number of thiophene rings is 1. The number of aromatic nitrogens is 1. The van der Waals surface area contributed by atoms with E-state index in [9.17, 15) is 14.9 Å². The van der Waals surface area contributed by atoms with Crippen molar-refractivity contribution in [2.75, 3.05) is 25.0 Å². The standard InChI is InChI=1S/C20H28N4O4S/c1-13-17(24(26)27)16(18-15(22-13)8-12-29-18)21-9-5-14-6-10-23(11-7-14)19(25)28-20(2,3)4/h8,12,14H,5-7,9-11H2,1-4H3,(H,21,22). The van der Waals surface area contributed by atoms with Gasteiger partial charge in [0.1, 0.15) is 17.0 Å². The van der Waals surface area contributed by atoms with Gasteiger partial charge in [0.2, 0.25) is 0 Å². The van der Waals surface area contributed by atoms with Gasteiger partial charge in [-0.05, 0) is 64.3 Å². The normalized spacial score (nSPS) is 15.5. The summed E-state index contributed by atoms with van der Waals surface area (Å²) >= 11 is 1.46. The van der Waals surface area contributed by atoms with Gasteiger partial charge in [-0.25, -0.2) is 9.78 Å². The molecule has 0 saturated carbocycles. The van der Waals surface area contributed by atoms with Crippen molar-refractivity contribution in [2.24, 2.45) is 5.92 Å². The third kappa shape index (κ3) is 5.14. The van der Waals surface area contributed by atoms with E-state index in [4.69, 9.17) is 4.74 Å². The minimum Gasteiger partial charge on any atom is -0.444 e. The lowest BCUT2D eigenvalue weighted by atomic mass is 9.94. The number of carbonyl (C=O) groups is 1. The van der Waals surface area contributed by atoms with Crippen LogP contribution in [0.1, 0.15) is 45.7 Å². The Hall–Kier alpha value is -2.42. The summed E-state index contributed by atoms with van der Waals surface area (Å²) in [6, 6.07) is 1.88. The second-order valence-corrected chi connectivity index (χ2v) is 9.36. The Balaban J connectivity index is 1.57. The molecule has 2 aromatic rings. The van der Waals surface area contributed by atoms with Crippen molar-refractivity contribution in [1.82, 2.24) is 9.88 Å². The molecule has 1 N–H and O–H groups in total. The van der Waals surface area contributed by atoms with Gasteiger partial charge in [-0.1, -0.05) is 0 Å². The summed E-state index contributed by atoms with van der Waals surface area (Å²) in [5.74, 6) is 0.474. The summed E-state index contributed by atoms with van der Waals surface area (Å²) in [4.78, 5) is 29.5. The second kappa shape index (κ2) is 8.52. The van der Waals surface area contributed by atoms with E-state index >= 15 is 0 Å². The Morgan fingerprint density at radius 2 is 2.10 bits per heavy atom. The maximum atomic E-state index is 12.2. The molecule has 0 unspecified atom stereocenters. The van der Waals surface area contributed by atoms with Crippen LogP contribution in [-0.4, -0.2) is 46.1 Å². The van der Waals surface area contributed by atoms with Gasteiger partial charge in [0.15, 0.2) is 0 Å². The number of rotatable bonds is 5. The lowest BCUT2D eigenvalue weighted by Crippen LogP contribution is -2.41. The highest BCUT2D eigenvalue weighted by Crippen LogP contribution is 2.37. The summed E-state index contributed by atoms with van der Waals surface area (Å²) in [7, 11) is 0. The van der Waals surface area contributed by atoms with E-state index in [-0.39, 0.29) is 16.7 Å². The molecular weight excluding hydrogens is 392 g/mol. The molecule has 0 aliphatic carbocycles. The van der Waals surface area contributed by atoms with Crippen LogP contribution in [0.15, 0.2) is 11.4 Å². The number of hydrogen-bond donors (Lipinski definition) is 1. The van der Waals surface area contributed by atoms with Gasteiger partial charge in [0, 0.05) is 19.6 Å². The van der Waals surface area contributed by atoms with Crippen LogP contribution in [0.5, 0.6) is 0 Å². The molecular formula is C20H28N4O4S. The molecule has 1 aliphatic heterocycles. The number of anilines is 1. The van der Waals surface area contributed by atoms with Gasteiger partial charge in [0.05, 0.1) is 15.1 Å². The minimum absolute atomic E-state index is 0.0553. The molecule has 3 rings (SSSR count). The van der Waals surface area contributed by atoms with Crippen LogP contribution in [0.4, 0.5) is 16.2 Å². The summed E-state index contributed by atoms with van der Waals surface area (Å²) < 4.78 is 6.26. The van der Waals surface area contributed by atoms with Crippen molar-refractivity contribution in [3.63, 3.8) is 0 Å². The van der Waals surface area contributed by atoms with Crippen molar-refractivity contribution in [1.29, 1.82) is 0 Å². The molecule has 9 heteroatoms. The lowest BCUT2D eigenvalue weighted by Gasteiger charge is -2.33. The van der Waals surface area contributed by atoms with Crippen LogP contribution in [-0.2, 0) is 4.74 Å². The van der Waals surface area contributed by atoms with Gasteiger partial charge in [-0.3, -0.25) is 10.1 Å². The molecule has 1 fully saturated rings. The van der Waals surface area contributed by atoms with Gasteiger partial charge in [-0.15, -0.1) is 11.3 Å². The molecule has 8 nitrogen and oxygen atoms in total. The maximum Gasteiger partial charge on any atom is 0.410 e. The molecule has 0 radical (unpaired) electrons. The average molecular weight is 421 g/mol. The molecule has 29 heavy (non-hydrogen) atoms. The highest BCUT2D eigenvalue weighted by atomic mass is 32.1. The molecule has 0 atom stereocenters. The number of likely N-dealkylation sites (tertiary alicyclic amines) is 1. The molecule has 158 valence electrons. The van der Waals surface area contributed by atoms with Crippen molar-refractivity contribution in [2.45, 2.75) is 52.6 Å². The maximum absolute atomic E-state index is 12.2. The van der Waals surface area contributed by atoms with Crippen LogP contribution in [0.2, 0.25) is 0 Å². The summed E-state index contributed by atoms with van der Waals surface area (Å²) in [5, 5.41) is 16.8. The minimum atomic E-state index is -0.484. The molecule has 3 heterocycles. The summed E-state index contributed by atoms with van der Waals surface area (Å²) in [6.45, 7) is 9.30. The third-order valence-electron chi connectivity index (χ3n) is 5.04. The Morgan fingerprint density at radius 3 is 2.72 bits per heavy atom. The van der Waals surface area contributed by atoms with Crippen molar-refractivity contribution in [3.05, 3.63) is 27.3 Å². The van der Waals surface area contributed by atoms with Crippen LogP contribution < -0.4 is 5.32 Å². The van der Waals surface area contributed by atoms with Crippen LogP contribution in [0.3, 0.4) is 0 Å². The highest BCUT2D eigenvalue weighted by Gasteiger charge is 2.27. The Bertz CT molecular complexity index is 898. The Labute approximate surface area is 174 Å². The van der Waals surface area contributed by atoms with E-state index in [0.717, 1.165) is 29.5 Å². The Morgan fingerprint density at radius 1 is 1.41 bits per heavy atom. The number of hydrogen-bond acceptors (Lipinski definition) is 7. The first kappa shape index (κ1) is 21.3. The van der Waals surface area contributed by atoms with E-state index in [1.54, 1.807) is 11.8 Å². The number of nitrogens with zero attached hydrogens (tertiary/aromatic N) is 3. The number of amides is 1. The number of carbonyl (C=O) groups excluding carboxylic acids is 1. The molecule has 0 aromatic carbocycles. The van der Waals surface area contributed by atoms with Gasteiger partial charge in [0.25, 0.3) is 0 Å². The van der Waals surface area contributed by atoms with E-state index in [1.807, 2.05) is 32.2 Å².